The molecule has 2 aromatic carbocycles. The summed E-state index contributed by atoms with van der Waals surface area (Å²) in [6, 6.07) is 12.3. The van der Waals surface area contributed by atoms with E-state index in [1.165, 1.54) is 69.1 Å². The van der Waals surface area contributed by atoms with Crippen LogP contribution in [0.15, 0.2) is 42.5 Å². The van der Waals surface area contributed by atoms with Gasteiger partial charge in [-0.1, -0.05) is 56.3 Å². The van der Waals surface area contributed by atoms with Crippen molar-refractivity contribution >= 4 is 11.6 Å². The predicted molar refractivity (Wildman–Crippen MR) is 162 cm³/mol. The Labute approximate surface area is 250 Å². The largest absolute Gasteiger partial charge is 0.432 e. The van der Waals surface area contributed by atoms with E-state index < -0.39 is 12.0 Å². The predicted octanol–water partition coefficient (Wildman–Crippen LogP) is 12.1. The third-order valence-corrected chi connectivity index (χ3v) is 11.0. The Kier molecular flexibility index (Phi) is 10.7. The standard InChI is InChI=1S/C36H48ClF3O/c1-2-3-4-5-25-6-8-28(9-7-25)30-16-23-34(35(38)24-30)29-12-10-26(11-13-29)27-14-17-31(18-15-27)36(39,40)41-33-21-19-32(37)20-22-33/h16,19-29,31H,2-15,17-18H2,1H3. The first-order valence-electron chi connectivity index (χ1n) is 16.4. The average Bonchev–Trinajstić information content (AvgIpc) is 2.99. The lowest BCUT2D eigenvalue weighted by atomic mass is 9.68. The highest BCUT2D eigenvalue weighted by atomic mass is 35.5. The molecule has 0 radical (unpaired) electrons. The summed E-state index contributed by atoms with van der Waals surface area (Å²) in [4.78, 5) is 0. The van der Waals surface area contributed by atoms with E-state index in [-0.39, 0.29) is 17.5 Å². The van der Waals surface area contributed by atoms with Crippen molar-refractivity contribution < 1.29 is 17.9 Å². The molecule has 5 rings (SSSR count). The second-order valence-electron chi connectivity index (χ2n) is 13.3. The summed E-state index contributed by atoms with van der Waals surface area (Å²) in [6.07, 6.45) is 13.9. The SMILES string of the molecule is CCCCCC1CCC(c2ccc(C3CCC(C4CCC(C(F)(F)Oc5ccc(Cl)cc5)CC4)CC3)c(F)c2)CC1. The van der Waals surface area contributed by atoms with Gasteiger partial charge in [0.05, 0.1) is 5.92 Å². The van der Waals surface area contributed by atoms with Gasteiger partial charge in [-0.25, -0.2) is 4.39 Å². The van der Waals surface area contributed by atoms with Gasteiger partial charge in [0.1, 0.15) is 11.6 Å². The molecule has 226 valence electrons. The summed E-state index contributed by atoms with van der Waals surface area (Å²) >= 11 is 5.87. The lowest BCUT2D eigenvalue weighted by Gasteiger charge is -2.39. The number of rotatable bonds is 10. The molecule has 0 heterocycles. The highest BCUT2D eigenvalue weighted by molar-refractivity contribution is 6.30. The smallest absolute Gasteiger partial charge is 0.400 e. The van der Waals surface area contributed by atoms with E-state index in [1.807, 2.05) is 6.07 Å². The highest BCUT2D eigenvalue weighted by Gasteiger charge is 2.45. The molecule has 0 N–H and O–H groups in total. The van der Waals surface area contributed by atoms with E-state index in [9.17, 15) is 8.78 Å². The minimum absolute atomic E-state index is 0.0144. The first-order chi connectivity index (χ1) is 19.8. The summed E-state index contributed by atoms with van der Waals surface area (Å²) in [5.41, 5.74) is 2.09. The van der Waals surface area contributed by atoms with Crippen LogP contribution in [0.3, 0.4) is 0 Å². The van der Waals surface area contributed by atoms with Crippen LogP contribution in [0.25, 0.3) is 0 Å². The molecule has 0 aliphatic heterocycles. The number of ether oxygens (including phenoxy) is 1. The lowest BCUT2D eigenvalue weighted by Crippen LogP contribution is -2.38. The molecule has 3 aliphatic carbocycles. The van der Waals surface area contributed by atoms with Gasteiger partial charge >= 0.3 is 6.11 Å². The minimum Gasteiger partial charge on any atom is -0.432 e. The molecule has 0 amide bonds. The molecular weight excluding hydrogens is 541 g/mol. The van der Waals surface area contributed by atoms with Gasteiger partial charge in [-0.05, 0) is 148 Å². The first-order valence-corrected chi connectivity index (χ1v) is 16.8. The van der Waals surface area contributed by atoms with Gasteiger partial charge in [-0.15, -0.1) is 0 Å². The fourth-order valence-corrected chi connectivity index (χ4v) is 8.29. The number of halogens is 4. The van der Waals surface area contributed by atoms with Crippen molar-refractivity contribution in [3.05, 3.63) is 64.4 Å². The molecular formula is C36H48ClF3O. The van der Waals surface area contributed by atoms with Gasteiger partial charge in [0.2, 0.25) is 0 Å². The van der Waals surface area contributed by atoms with Crippen molar-refractivity contribution in [2.45, 2.75) is 128 Å². The molecule has 0 bridgehead atoms. The average molecular weight is 589 g/mol. The third kappa shape index (κ3) is 8.03. The van der Waals surface area contributed by atoms with E-state index in [2.05, 4.69) is 19.1 Å². The monoisotopic (exact) mass is 588 g/mol. The molecule has 1 nitrogen and oxygen atoms in total. The van der Waals surface area contributed by atoms with Crippen LogP contribution in [-0.4, -0.2) is 6.11 Å². The van der Waals surface area contributed by atoms with Gasteiger partial charge < -0.3 is 4.74 Å². The highest BCUT2D eigenvalue weighted by Crippen LogP contribution is 2.47. The summed E-state index contributed by atoms with van der Waals surface area (Å²) in [7, 11) is 0. The zero-order valence-electron chi connectivity index (χ0n) is 24.7. The first kappa shape index (κ1) is 30.8. The summed E-state index contributed by atoms with van der Waals surface area (Å²) < 4.78 is 50.2. The summed E-state index contributed by atoms with van der Waals surface area (Å²) in [6.45, 7) is 2.26. The van der Waals surface area contributed by atoms with Crippen LogP contribution in [0.4, 0.5) is 13.2 Å². The lowest BCUT2D eigenvalue weighted by molar-refractivity contribution is -0.224. The molecule has 0 saturated heterocycles. The zero-order chi connectivity index (χ0) is 28.8. The quantitative estimate of drug-likeness (QED) is 0.251. The number of alkyl halides is 2. The number of hydrogen-bond acceptors (Lipinski definition) is 1. The van der Waals surface area contributed by atoms with Crippen molar-refractivity contribution in [3.63, 3.8) is 0 Å². The Hall–Kier alpha value is -1.68. The van der Waals surface area contributed by atoms with Crippen LogP contribution >= 0.6 is 11.6 Å². The molecule has 2 aromatic rings. The molecule has 0 unspecified atom stereocenters. The third-order valence-electron chi connectivity index (χ3n) is 10.8. The second-order valence-corrected chi connectivity index (χ2v) is 13.8. The van der Waals surface area contributed by atoms with Crippen LogP contribution in [0, 0.1) is 29.5 Å². The maximum absolute atomic E-state index is 15.4. The Bertz CT molecular complexity index is 1080. The molecule has 3 saturated carbocycles. The van der Waals surface area contributed by atoms with Gasteiger partial charge in [-0.3, -0.25) is 0 Å². The topological polar surface area (TPSA) is 9.23 Å². The van der Waals surface area contributed by atoms with Crippen molar-refractivity contribution in [2.24, 2.45) is 23.7 Å². The van der Waals surface area contributed by atoms with Gasteiger partial charge in [0, 0.05) is 5.02 Å². The molecule has 3 aliphatic rings. The van der Waals surface area contributed by atoms with Crippen molar-refractivity contribution in [1.82, 2.24) is 0 Å². The second kappa shape index (κ2) is 14.2. The van der Waals surface area contributed by atoms with E-state index in [4.69, 9.17) is 16.3 Å². The van der Waals surface area contributed by atoms with Crippen LogP contribution in [0.1, 0.15) is 133 Å². The van der Waals surface area contributed by atoms with Crippen molar-refractivity contribution in [1.29, 1.82) is 0 Å². The van der Waals surface area contributed by atoms with Crippen molar-refractivity contribution in [2.75, 3.05) is 0 Å². The van der Waals surface area contributed by atoms with Crippen LogP contribution in [0.2, 0.25) is 5.02 Å². The minimum atomic E-state index is -3.17. The Morgan fingerprint density at radius 2 is 1.37 bits per heavy atom. The summed E-state index contributed by atoms with van der Waals surface area (Å²) in [5.74, 6) is 2.10. The number of hydrogen-bond donors (Lipinski definition) is 0. The summed E-state index contributed by atoms with van der Waals surface area (Å²) in [5, 5.41) is 0.501. The molecule has 41 heavy (non-hydrogen) atoms. The van der Waals surface area contributed by atoms with Gasteiger partial charge in [0.25, 0.3) is 0 Å². The maximum atomic E-state index is 15.4. The van der Waals surface area contributed by atoms with Gasteiger partial charge in [0.15, 0.2) is 0 Å². The van der Waals surface area contributed by atoms with Gasteiger partial charge in [-0.2, -0.15) is 8.78 Å². The molecule has 3 fully saturated rings. The van der Waals surface area contributed by atoms with Crippen LogP contribution in [0.5, 0.6) is 5.75 Å². The van der Waals surface area contributed by atoms with E-state index >= 15 is 4.39 Å². The number of unbranched alkanes of at least 4 members (excludes halogenated alkanes) is 2. The molecule has 0 atom stereocenters. The molecule has 0 aromatic heterocycles. The van der Waals surface area contributed by atoms with Crippen molar-refractivity contribution in [3.8, 4) is 5.75 Å². The zero-order valence-corrected chi connectivity index (χ0v) is 25.5. The van der Waals surface area contributed by atoms with Crippen LogP contribution in [-0.2, 0) is 0 Å². The van der Waals surface area contributed by atoms with E-state index in [1.54, 1.807) is 12.1 Å². The molecule has 0 spiro atoms. The van der Waals surface area contributed by atoms with Crippen LogP contribution < -0.4 is 4.74 Å². The number of benzene rings is 2. The normalized spacial score (nSPS) is 29.3. The Morgan fingerprint density at radius 3 is 1.98 bits per heavy atom. The fraction of sp³-hybridized carbons (Fsp3) is 0.667. The molecule has 5 heteroatoms. The van der Waals surface area contributed by atoms with E-state index in [0.717, 1.165) is 50.0 Å². The van der Waals surface area contributed by atoms with E-state index in [0.29, 0.717) is 35.6 Å². The Balaban J connectivity index is 1.07. The maximum Gasteiger partial charge on any atom is 0.400 e. The Morgan fingerprint density at radius 1 is 0.756 bits per heavy atom. The fourth-order valence-electron chi connectivity index (χ4n) is 8.17.